The molecule has 0 atom stereocenters. The molecule has 0 radical (unpaired) electrons. The number of ether oxygens (including phenoxy) is 1. The minimum absolute atomic E-state index is 0.618. The van der Waals surface area contributed by atoms with E-state index in [1.165, 1.54) is 0 Å². The summed E-state index contributed by atoms with van der Waals surface area (Å²) in [6.07, 6.45) is 2.59. The van der Waals surface area contributed by atoms with Crippen LogP contribution in [0.25, 0.3) is 0 Å². The first-order chi connectivity index (χ1) is 9.38. The van der Waals surface area contributed by atoms with Crippen LogP contribution in [-0.2, 0) is 0 Å². The van der Waals surface area contributed by atoms with E-state index in [2.05, 4.69) is 16.0 Å². The van der Waals surface area contributed by atoms with Crippen molar-refractivity contribution < 1.29 is 4.74 Å². The van der Waals surface area contributed by atoms with E-state index in [0.29, 0.717) is 12.2 Å². The Morgan fingerprint density at radius 1 is 1.26 bits per heavy atom. The molecule has 0 fully saturated rings. The number of aromatic nitrogens is 1. The molecule has 0 saturated carbocycles. The summed E-state index contributed by atoms with van der Waals surface area (Å²) in [5, 5.41) is 8.99. The SMILES string of the molecule is N#Cc1ccnc(N2CCCOc3ccccc32)c1. The van der Waals surface area contributed by atoms with E-state index in [1.54, 1.807) is 12.3 Å². The minimum Gasteiger partial charge on any atom is -0.491 e. The molecule has 0 N–H and O–H groups in total. The van der Waals surface area contributed by atoms with Crippen molar-refractivity contribution >= 4 is 11.5 Å². The van der Waals surface area contributed by atoms with E-state index in [9.17, 15) is 0 Å². The highest BCUT2D eigenvalue weighted by Crippen LogP contribution is 2.34. The van der Waals surface area contributed by atoms with Gasteiger partial charge in [-0.3, -0.25) is 0 Å². The van der Waals surface area contributed by atoms with Gasteiger partial charge in [0, 0.05) is 12.7 Å². The fraction of sp³-hybridized carbons (Fsp3) is 0.200. The average Bonchev–Trinajstić information content (AvgIpc) is 2.69. The molecule has 2 aromatic rings. The van der Waals surface area contributed by atoms with Crippen molar-refractivity contribution in [1.82, 2.24) is 4.98 Å². The van der Waals surface area contributed by atoms with Gasteiger partial charge in [-0.1, -0.05) is 12.1 Å². The monoisotopic (exact) mass is 251 g/mol. The maximum Gasteiger partial charge on any atom is 0.142 e. The predicted molar refractivity (Wildman–Crippen MR) is 72.5 cm³/mol. The van der Waals surface area contributed by atoms with Gasteiger partial charge >= 0.3 is 0 Å². The molecule has 0 aliphatic carbocycles. The smallest absolute Gasteiger partial charge is 0.142 e. The fourth-order valence-corrected chi connectivity index (χ4v) is 2.20. The van der Waals surface area contributed by atoms with Crippen LogP contribution >= 0.6 is 0 Å². The van der Waals surface area contributed by atoms with Crippen LogP contribution < -0.4 is 9.64 Å². The van der Waals surface area contributed by atoms with E-state index in [1.807, 2.05) is 30.3 Å². The molecular formula is C15H13N3O. The Morgan fingerprint density at radius 2 is 2.16 bits per heavy atom. The summed E-state index contributed by atoms with van der Waals surface area (Å²) in [5.74, 6) is 1.65. The first-order valence-corrected chi connectivity index (χ1v) is 6.24. The first-order valence-electron chi connectivity index (χ1n) is 6.24. The van der Waals surface area contributed by atoms with Gasteiger partial charge in [-0.05, 0) is 30.7 Å². The number of fused-ring (bicyclic) bond motifs is 1. The summed E-state index contributed by atoms with van der Waals surface area (Å²) in [6.45, 7) is 1.53. The molecule has 1 aliphatic rings. The second-order valence-electron chi connectivity index (χ2n) is 4.34. The molecule has 94 valence electrons. The molecule has 2 heterocycles. The highest BCUT2D eigenvalue weighted by atomic mass is 16.5. The van der Waals surface area contributed by atoms with E-state index in [4.69, 9.17) is 10.00 Å². The van der Waals surface area contributed by atoms with Crippen molar-refractivity contribution in [2.45, 2.75) is 6.42 Å². The normalized spacial score (nSPS) is 13.9. The largest absolute Gasteiger partial charge is 0.491 e. The number of pyridine rings is 1. The Morgan fingerprint density at radius 3 is 3.05 bits per heavy atom. The minimum atomic E-state index is 0.618. The third-order valence-corrected chi connectivity index (χ3v) is 3.09. The quantitative estimate of drug-likeness (QED) is 0.782. The number of nitrogens with zero attached hydrogens (tertiary/aromatic N) is 3. The zero-order valence-corrected chi connectivity index (χ0v) is 10.4. The number of hydrogen-bond donors (Lipinski definition) is 0. The second-order valence-corrected chi connectivity index (χ2v) is 4.34. The molecule has 0 unspecified atom stereocenters. The van der Waals surface area contributed by atoms with Gasteiger partial charge in [0.05, 0.1) is 23.9 Å². The maximum atomic E-state index is 8.99. The van der Waals surface area contributed by atoms with Crippen LogP contribution in [0.3, 0.4) is 0 Å². The lowest BCUT2D eigenvalue weighted by atomic mass is 10.2. The van der Waals surface area contributed by atoms with Crippen LogP contribution in [0.4, 0.5) is 11.5 Å². The van der Waals surface area contributed by atoms with Gasteiger partial charge in [-0.2, -0.15) is 5.26 Å². The third kappa shape index (κ3) is 2.23. The molecule has 3 rings (SSSR count). The lowest BCUT2D eigenvalue weighted by Crippen LogP contribution is -2.18. The Labute approximate surface area is 111 Å². The van der Waals surface area contributed by atoms with E-state index in [-0.39, 0.29) is 0 Å². The van der Waals surface area contributed by atoms with Crippen molar-refractivity contribution in [3.05, 3.63) is 48.2 Å². The van der Waals surface area contributed by atoms with Crippen LogP contribution in [0, 0.1) is 11.3 Å². The number of benzene rings is 1. The van der Waals surface area contributed by atoms with Crippen molar-refractivity contribution in [3.8, 4) is 11.8 Å². The lowest BCUT2D eigenvalue weighted by molar-refractivity contribution is 0.322. The number of rotatable bonds is 1. The average molecular weight is 251 g/mol. The van der Waals surface area contributed by atoms with Crippen molar-refractivity contribution in [2.75, 3.05) is 18.1 Å². The van der Waals surface area contributed by atoms with Gasteiger partial charge in [-0.25, -0.2) is 4.98 Å². The predicted octanol–water partition coefficient (Wildman–Crippen LogP) is 2.87. The highest BCUT2D eigenvalue weighted by molar-refractivity contribution is 5.68. The van der Waals surface area contributed by atoms with Gasteiger partial charge in [0.25, 0.3) is 0 Å². The maximum absolute atomic E-state index is 8.99. The zero-order valence-electron chi connectivity index (χ0n) is 10.4. The molecule has 4 heteroatoms. The standard InChI is InChI=1S/C15H13N3O/c16-11-12-6-7-17-15(10-12)18-8-3-9-19-14-5-2-1-4-13(14)18/h1-2,4-7,10H,3,8-9H2. The van der Waals surface area contributed by atoms with E-state index in [0.717, 1.165) is 30.2 Å². The highest BCUT2D eigenvalue weighted by Gasteiger charge is 2.18. The molecule has 1 aromatic heterocycles. The number of nitriles is 1. The molecule has 0 saturated heterocycles. The molecule has 19 heavy (non-hydrogen) atoms. The molecule has 1 aromatic carbocycles. The number of anilines is 2. The summed E-state index contributed by atoms with van der Waals surface area (Å²) in [7, 11) is 0. The van der Waals surface area contributed by atoms with Gasteiger partial charge in [0.1, 0.15) is 11.6 Å². The summed E-state index contributed by atoms with van der Waals surface area (Å²) >= 11 is 0. The summed E-state index contributed by atoms with van der Waals surface area (Å²) in [6, 6.07) is 13.6. The molecule has 0 bridgehead atoms. The summed E-state index contributed by atoms with van der Waals surface area (Å²) < 4.78 is 5.72. The second kappa shape index (κ2) is 4.99. The van der Waals surface area contributed by atoms with E-state index >= 15 is 0 Å². The third-order valence-electron chi connectivity index (χ3n) is 3.09. The summed E-state index contributed by atoms with van der Waals surface area (Å²) in [4.78, 5) is 6.47. The Kier molecular flexibility index (Phi) is 3.03. The van der Waals surface area contributed by atoms with Crippen LogP contribution in [0.1, 0.15) is 12.0 Å². The van der Waals surface area contributed by atoms with Gasteiger partial charge in [0.2, 0.25) is 0 Å². The van der Waals surface area contributed by atoms with Crippen molar-refractivity contribution in [3.63, 3.8) is 0 Å². The lowest BCUT2D eigenvalue weighted by Gasteiger charge is -2.22. The fourth-order valence-electron chi connectivity index (χ4n) is 2.20. The van der Waals surface area contributed by atoms with Gasteiger partial charge < -0.3 is 9.64 Å². The van der Waals surface area contributed by atoms with E-state index < -0.39 is 0 Å². The van der Waals surface area contributed by atoms with Crippen molar-refractivity contribution in [1.29, 1.82) is 5.26 Å². The van der Waals surface area contributed by atoms with Crippen LogP contribution in [0.2, 0.25) is 0 Å². The van der Waals surface area contributed by atoms with Gasteiger partial charge in [0.15, 0.2) is 0 Å². The molecule has 1 aliphatic heterocycles. The van der Waals surface area contributed by atoms with Crippen molar-refractivity contribution in [2.24, 2.45) is 0 Å². The van der Waals surface area contributed by atoms with Crippen LogP contribution in [0.5, 0.6) is 5.75 Å². The molecular weight excluding hydrogens is 238 g/mol. The van der Waals surface area contributed by atoms with Crippen LogP contribution in [-0.4, -0.2) is 18.1 Å². The Balaban J connectivity index is 2.07. The molecule has 0 spiro atoms. The summed E-state index contributed by atoms with van der Waals surface area (Å²) in [5.41, 5.74) is 1.62. The Hall–Kier alpha value is -2.54. The zero-order chi connectivity index (χ0) is 13.1. The van der Waals surface area contributed by atoms with Gasteiger partial charge in [-0.15, -0.1) is 0 Å². The topological polar surface area (TPSA) is 49.2 Å². The Bertz CT molecular complexity index is 633. The molecule has 0 amide bonds. The number of hydrogen-bond acceptors (Lipinski definition) is 4. The molecule has 4 nitrogen and oxygen atoms in total. The first kappa shape index (κ1) is 11.5. The van der Waals surface area contributed by atoms with Crippen LogP contribution in [0.15, 0.2) is 42.6 Å². The number of para-hydroxylation sites is 2.